The third kappa shape index (κ3) is 6.09. The van der Waals surface area contributed by atoms with Crippen LogP contribution in [0.2, 0.25) is 0 Å². The number of ether oxygens (including phenoxy) is 2. The highest BCUT2D eigenvalue weighted by Crippen LogP contribution is 2.54. The molecule has 0 aliphatic carbocycles. The number of likely N-dealkylation sites (tertiary alicyclic amines) is 1. The van der Waals surface area contributed by atoms with Crippen LogP contribution >= 0.6 is 11.3 Å². The van der Waals surface area contributed by atoms with Gasteiger partial charge in [-0.3, -0.25) is 19.6 Å². The van der Waals surface area contributed by atoms with Crippen LogP contribution in [0.3, 0.4) is 0 Å². The second-order valence-corrected chi connectivity index (χ2v) is 13.2. The minimum atomic E-state index is -1.73. The minimum Gasteiger partial charge on any atom is -0.496 e. The first-order chi connectivity index (χ1) is 19.2. The Morgan fingerprint density at radius 2 is 1.83 bits per heavy atom. The minimum absolute atomic E-state index is 0.0384. The average molecular weight is 580 g/mol. The molecule has 2 aromatic heterocycles. The summed E-state index contributed by atoms with van der Waals surface area (Å²) >= 11 is 1.35. The van der Waals surface area contributed by atoms with Crippen LogP contribution in [-0.4, -0.2) is 55.9 Å². The largest absolute Gasteiger partial charge is 0.496 e. The predicted molar refractivity (Wildman–Crippen MR) is 154 cm³/mol. The molecule has 3 aromatic rings. The van der Waals surface area contributed by atoms with Gasteiger partial charge in [-0.2, -0.15) is 0 Å². The van der Waals surface area contributed by atoms with Gasteiger partial charge in [0.15, 0.2) is 5.54 Å². The maximum Gasteiger partial charge on any atom is 0.333 e. The van der Waals surface area contributed by atoms with Crippen LogP contribution in [0.15, 0.2) is 48.4 Å². The lowest BCUT2D eigenvalue weighted by Gasteiger charge is -2.39. The third-order valence-corrected chi connectivity index (χ3v) is 7.91. The Labute approximate surface area is 244 Å². The van der Waals surface area contributed by atoms with Gasteiger partial charge in [-0.15, -0.1) is 11.3 Å². The zero-order valence-electron chi connectivity index (χ0n) is 24.5. The molecule has 0 spiro atoms. The Morgan fingerprint density at radius 3 is 2.37 bits per heavy atom. The van der Waals surface area contributed by atoms with E-state index in [1.807, 2.05) is 6.07 Å². The first-order valence-electron chi connectivity index (χ1n) is 13.4. The second-order valence-electron chi connectivity index (χ2n) is 12.3. The van der Waals surface area contributed by atoms with Crippen LogP contribution in [-0.2, 0) is 19.7 Å². The summed E-state index contributed by atoms with van der Waals surface area (Å²) in [6, 6.07) is 4.48. The number of hydrogen-bond acceptors (Lipinski definition) is 9. The predicted octanol–water partition coefficient (Wildman–Crippen LogP) is 4.57. The fraction of sp³-hybridized carbons (Fsp3) is 0.467. The first-order valence-corrected chi connectivity index (χ1v) is 14.2. The van der Waals surface area contributed by atoms with Gasteiger partial charge in [0.2, 0.25) is 5.91 Å². The highest BCUT2D eigenvalue weighted by molar-refractivity contribution is 7.09. The van der Waals surface area contributed by atoms with Gasteiger partial charge in [0.05, 0.1) is 25.3 Å². The van der Waals surface area contributed by atoms with Gasteiger partial charge < -0.3 is 20.1 Å². The van der Waals surface area contributed by atoms with Crippen molar-refractivity contribution in [3.63, 3.8) is 0 Å². The molecule has 0 radical (unpaired) electrons. The van der Waals surface area contributed by atoms with Gasteiger partial charge in [-0.25, -0.2) is 9.78 Å². The Kier molecular flexibility index (Phi) is 8.22. The number of benzene rings is 1. The summed E-state index contributed by atoms with van der Waals surface area (Å²) in [6.45, 7) is 11.4. The van der Waals surface area contributed by atoms with Gasteiger partial charge in [-0.1, -0.05) is 26.8 Å². The standard InChI is InChI=1S/C30H37N5O5S/c1-28(2,3)20-9-8-18(14-22(20)39-7)26(37)35-24(25-34-12-13-41-25)19(21-17-32-10-11-33-21)15-30(35,16-23(31)36)27(38)40-29(4,5)6/h8-14,17,19,24H,15-16H2,1-7H3,(H2,31,36)/t19-,24-,30-/m1/s1. The van der Waals surface area contributed by atoms with E-state index in [1.54, 1.807) is 70.2 Å². The van der Waals surface area contributed by atoms with Gasteiger partial charge in [-0.05, 0) is 50.3 Å². The van der Waals surface area contributed by atoms with Crippen molar-refractivity contribution in [2.45, 2.75) is 82.9 Å². The van der Waals surface area contributed by atoms with Crippen LogP contribution in [0.1, 0.15) is 93.0 Å². The molecule has 0 unspecified atom stereocenters. The second kappa shape index (κ2) is 11.2. The summed E-state index contributed by atoms with van der Waals surface area (Å²) < 4.78 is 11.6. The van der Waals surface area contributed by atoms with E-state index in [0.29, 0.717) is 16.5 Å². The fourth-order valence-electron chi connectivity index (χ4n) is 5.43. The van der Waals surface area contributed by atoms with Gasteiger partial charge in [0, 0.05) is 41.6 Å². The van der Waals surface area contributed by atoms with Crippen molar-refractivity contribution in [3.8, 4) is 5.75 Å². The van der Waals surface area contributed by atoms with Crippen LogP contribution in [0.5, 0.6) is 5.75 Å². The van der Waals surface area contributed by atoms with Gasteiger partial charge in [0.1, 0.15) is 16.4 Å². The van der Waals surface area contributed by atoms with E-state index in [0.717, 1.165) is 5.56 Å². The molecule has 0 saturated carbocycles. The molecule has 41 heavy (non-hydrogen) atoms. The van der Waals surface area contributed by atoms with Crippen LogP contribution < -0.4 is 10.5 Å². The van der Waals surface area contributed by atoms with Crippen molar-refractivity contribution < 1.29 is 23.9 Å². The molecule has 11 heteroatoms. The van der Waals surface area contributed by atoms with Gasteiger partial charge >= 0.3 is 5.97 Å². The van der Waals surface area contributed by atoms with Crippen molar-refractivity contribution in [3.05, 3.63) is 70.2 Å². The molecule has 1 saturated heterocycles. The molecule has 2 N–H and O–H groups in total. The zero-order valence-corrected chi connectivity index (χ0v) is 25.3. The van der Waals surface area contributed by atoms with Crippen LogP contribution in [0.4, 0.5) is 0 Å². The van der Waals surface area contributed by atoms with E-state index >= 15 is 0 Å². The van der Waals surface area contributed by atoms with Crippen molar-refractivity contribution in [2.75, 3.05) is 7.11 Å². The van der Waals surface area contributed by atoms with E-state index in [-0.39, 0.29) is 17.4 Å². The number of rotatable bonds is 7. The summed E-state index contributed by atoms with van der Waals surface area (Å²) in [5.41, 5.74) is 4.67. The number of nitrogens with two attached hydrogens (primary N) is 1. The summed E-state index contributed by atoms with van der Waals surface area (Å²) in [7, 11) is 1.55. The van der Waals surface area contributed by atoms with Crippen molar-refractivity contribution in [2.24, 2.45) is 5.73 Å². The number of carbonyl (C=O) groups is 3. The molecule has 10 nitrogen and oxygen atoms in total. The highest BCUT2D eigenvalue weighted by Gasteiger charge is 2.62. The summed E-state index contributed by atoms with van der Waals surface area (Å²) in [5, 5.41) is 2.39. The number of amides is 2. The average Bonchev–Trinajstić information content (AvgIpc) is 3.53. The summed E-state index contributed by atoms with van der Waals surface area (Å²) in [6.07, 6.45) is 5.94. The number of aromatic nitrogens is 3. The van der Waals surface area contributed by atoms with E-state index in [1.165, 1.54) is 16.2 Å². The molecule has 218 valence electrons. The molecule has 3 heterocycles. The molecule has 4 rings (SSSR count). The Morgan fingerprint density at radius 1 is 1.10 bits per heavy atom. The van der Waals surface area contributed by atoms with E-state index in [9.17, 15) is 14.4 Å². The van der Waals surface area contributed by atoms with Crippen molar-refractivity contribution in [1.29, 1.82) is 0 Å². The van der Waals surface area contributed by atoms with Crippen molar-refractivity contribution in [1.82, 2.24) is 19.9 Å². The monoisotopic (exact) mass is 579 g/mol. The maximum atomic E-state index is 14.7. The fourth-order valence-corrected chi connectivity index (χ4v) is 6.22. The number of esters is 1. The SMILES string of the molecule is COc1cc(C(=O)N2[C@@H](c3nccs3)[C@@H](c3cnccn3)C[C@@]2(CC(N)=O)C(=O)OC(C)(C)C)ccc1C(C)(C)C. The smallest absolute Gasteiger partial charge is 0.333 e. The van der Waals surface area contributed by atoms with Crippen LogP contribution in [0, 0.1) is 0 Å². The van der Waals surface area contributed by atoms with E-state index in [2.05, 4.69) is 35.7 Å². The number of nitrogens with zero attached hydrogens (tertiary/aromatic N) is 4. The molecule has 0 bridgehead atoms. The molecule has 2 amide bonds. The molecule has 1 aliphatic heterocycles. The zero-order chi connectivity index (χ0) is 30.2. The van der Waals surface area contributed by atoms with Crippen molar-refractivity contribution >= 4 is 29.1 Å². The molecular weight excluding hydrogens is 542 g/mol. The molecule has 3 atom stereocenters. The number of methoxy groups -OCH3 is 1. The summed E-state index contributed by atoms with van der Waals surface area (Å²) in [5.74, 6) is -1.93. The topological polar surface area (TPSA) is 138 Å². The number of thiazole rings is 1. The Balaban J connectivity index is 1.98. The third-order valence-electron chi connectivity index (χ3n) is 7.07. The normalized spacial score (nSPS) is 21.0. The Hall–Kier alpha value is -3.86. The number of hydrogen-bond donors (Lipinski definition) is 1. The molecule has 1 aromatic carbocycles. The maximum absolute atomic E-state index is 14.7. The first kappa shape index (κ1) is 30.1. The quantitative estimate of drug-likeness (QED) is 0.402. The van der Waals surface area contributed by atoms with Gasteiger partial charge in [0.25, 0.3) is 5.91 Å². The molecule has 1 fully saturated rings. The van der Waals surface area contributed by atoms with Crippen LogP contribution in [0.25, 0.3) is 0 Å². The molecule has 1 aliphatic rings. The van der Waals surface area contributed by atoms with E-state index < -0.39 is 47.3 Å². The summed E-state index contributed by atoms with van der Waals surface area (Å²) in [4.78, 5) is 56.2. The van der Waals surface area contributed by atoms with E-state index in [4.69, 9.17) is 15.2 Å². The lowest BCUT2D eigenvalue weighted by molar-refractivity contribution is -0.169. The lowest BCUT2D eigenvalue weighted by Crippen LogP contribution is -2.57. The highest BCUT2D eigenvalue weighted by atomic mass is 32.1. The number of carbonyl (C=O) groups excluding carboxylic acids is 3. The lowest BCUT2D eigenvalue weighted by atomic mass is 9.85. The molecular formula is C30H37N5O5S. The Bertz CT molecular complexity index is 1420. The number of primary amides is 1.